The third-order valence-electron chi connectivity index (χ3n) is 5.70. The van der Waals surface area contributed by atoms with Crippen molar-refractivity contribution in [2.75, 3.05) is 19.7 Å². The summed E-state index contributed by atoms with van der Waals surface area (Å²) in [4.78, 5) is 22.8. The van der Waals surface area contributed by atoms with Gasteiger partial charge in [-0.3, -0.25) is 14.7 Å². The number of esters is 1. The third kappa shape index (κ3) is 3.54. The third-order valence-corrected chi connectivity index (χ3v) is 5.70. The van der Waals surface area contributed by atoms with E-state index >= 15 is 0 Å². The standard InChI is InChI=1S/C23H27N3O2/c1-3-28-23(27)17-11-14-26(15-12-17)22(20-10-6-7-13-24-20)21-16(2)25-19-9-5-4-8-18(19)21/h4-10,13,17,22,25H,3,11-12,14-15H2,1-2H3/t22-/m0/s1. The number of fused-ring (bicyclic) bond motifs is 1. The normalized spacial score (nSPS) is 16.9. The van der Waals surface area contributed by atoms with Crippen LogP contribution >= 0.6 is 0 Å². The van der Waals surface area contributed by atoms with Crippen LogP contribution in [0.5, 0.6) is 0 Å². The van der Waals surface area contributed by atoms with Gasteiger partial charge in [-0.15, -0.1) is 0 Å². The lowest BCUT2D eigenvalue weighted by molar-refractivity contribution is -0.149. The summed E-state index contributed by atoms with van der Waals surface area (Å²) in [5.41, 5.74) is 4.65. The van der Waals surface area contributed by atoms with Crippen molar-refractivity contribution in [3.05, 3.63) is 65.6 Å². The summed E-state index contributed by atoms with van der Waals surface area (Å²) in [6.07, 6.45) is 3.50. The molecule has 5 nitrogen and oxygen atoms in total. The zero-order chi connectivity index (χ0) is 19.5. The lowest BCUT2D eigenvalue weighted by Gasteiger charge is -2.37. The Labute approximate surface area is 165 Å². The first-order valence-corrected chi connectivity index (χ1v) is 10.1. The van der Waals surface area contributed by atoms with Gasteiger partial charge in [0.1, 0.15) is 0 Å². The minimum atomic E-state index is -0.0557. The van der Waals surface area contributed by atoms with Crippen LogP contribution in [0.25, 0.3) is 10.9 Å². The van der Waals surface area contributed by atoms with Crippen molar-refractivity contribution in [1.29, 1.82) is 0 Å². The summed E-state index contributed by atoms with van der Waals surface area (Å²) in [5.74, 6) is -0.0514. The van der Waals surface area contributed by atoms with Crippen molar-refractivity contribution in [2.24, 2.45) is 5.92 Å². The van der Waals surface area contributed by atoms with E-state index in [-0.39, 0.29) is 17.9 Å². The number of para-hydroxylation sites is 1. The van der Waals surface area contributed by atoms with Gasteiger partial charge in [0.2, 0.25) is 0 Å². The van der Waals surface area contributed by atoms with Crippen LogP contribution in [0.4, 0.5) is 0 Å². The second kappa shape index (κ2) is 8.15. The predicted octanol–water partition coefficient (Wildman–Crippen LogP) is 4.24. The SMILES string of the molecule is CCOC(=O)C1CCN([C@@H](c2ccccn2)c2c(C)[nH]c3ccccc23)CC1. The molecule has 1 aliphatic rings. The Bertz CT molecular complexity index is 943. The lowest BCUT2D eigenvalue weighted by Crippen LogP contribution is -2.40. The van der Waals surface area contributed by atoms with Crippen LogP contribution in [0.2, 0.25) is 0 Å². The molecule has 0 aliphatic carbocycles. The van der Waals surface area contributed by atoms with Gasteiger partial charge in [-0.05, 0) is 58.0 Å². The Kier molecular flexibility index (Phi) is 5.44. The summed E-state index contributed by atoms with van der Waals surface area (Å²) in [5, 5.41) is 1.24. The van der Waals surface area contributed by atoms with E-state index in [1.807, 2.05) is 25.3 Å². The molecule has 1 N–H and O–H groups in total. The highest BCUT2D eigenvalue weighted by atomic mass is 16.5. The zero-order valence-corrected chi connectivity index (χ0v) is 16.5. The van der Waals surface area contributed by atoms with Gasteiger partial charge < -0.3 is 9.72 Å². The van der Waals surface area contributed by atoms with Crippen molar-refractivity contribution >= 4 is 16.9 Å². The number of hydrogen-bond donors (Lipinski definition) is 1. The largest absolute Gasteiger partial charge is 0.466 e. The molecular weight excluding hydrogens is 350 g/mol. The fourth-order valence-electron chi connectivity index (χ4n) is 4.36. The van der Waals surface area contributed by atoms with E-state index < -0.39 is 0 Å². The lowest BCUT2D eigenvalue weighted by atomic mass is 9.92. The Balaban J connectivity index is 1.68. The zero-order valence-electron chi connectivity index (χ0n) is 16.5. The first-order valence-electron chi connectivity index (χ1n) is 10.1. The highest BCUT2D eigenvalue weighted by Crippen LogP contribution is 2.37. The molecule has 0 unspecified atom stereocenters. The van der Waals surface area contributed by atoms with E-state index in [1.165, 1.54) is 16.6 Å². The number of nitrogens with one attached hydrogen (secondary N) is 1. The van der Waals surface area contributed by atoms with Gasteiger partial charge in [-0.2, -0.15) is 0 Å². The van der Waals surface area contributed by atoms with Gasteiger partial charge in [-0.1, -0.05) is 24.3 Å². The van der Waals surface area contributed by atoms with Gasteiger partial charge in [-0.25, -0.2) is 0 Å². The van der Waals surface area contributed by atoms with Crippen molar-refractivity contribution in [3.63, 3.8) is 0 Å². The van der Waals surface area contributed by atoms with Crippen molar-refractivity contribution in [1.82, 2.24) is 14.9 Å². The maximum absolute atomic E-state index is 12.1. The van der Waals surface area contributed by atoms with Crippen LogP contribution < -0.4 is 0 Å². The Morgan fingerprint density at radius 1 is 1.21 bits per heavy atom. The molecule has 28 heavy (non-hydrogen) atoms. The van der Waals surface area contributed by atoms with E-state index in [2.05, 4.69) is 47.1 Å². The molecule has 3 aromatic rings. The van der Waals surface area contributed by atoms with Crippen LogP contribution in [0.15, 0.2) is 48.7 Å². The molecule has 2 aromatic heterocycles. The monoisotopic (exact) mass is 377 g/mol. The van der Waals surface area contributed by atoms with E-state index in [4.69, 9.17) is 9.72 Å². The number of carbonyl (C=O) groups is 1. The first kappa shape index (κ1) is 18.7. The molecule has 1 aliphatic heterocycles. The topological polar surface area (TPSA) is 58.2 Å². The molecule has 5 heteroatoms. The summed E-state index contributed by atoms with van der Waals surface area (Å²) < 4.78 is 5.24. The average molecular weight is 377 g/mol. The van der Waals surface area contributed by atoms with Crippen LogP contribution in [-0.2, 0) is 9.53 Å². The molecule has 1 aromatic carbocycles. The smallest absolute Gasteiger partial charge is 0.309 e. The fraction of sp³-hybridized carbons (Fsp3) is 0.391. The number of likely N-dealkylation sites (tertiary alicyclic amines) is 1. The summed E-state index contributed by atoms with van der Waals surface area (Å²) in [7, 11) is 0. The molecule has 0 amide bonds. The number of carbonyl (C=O) groups excluding carboxylic acids is 1. The maximum atomic E-state index is 12.1. The van der Waals surface area contributed by atoms with Crippen LogP contribution in [0, 0.1) is 12.8 Å². The van der Waals surface area contributed by atoms with Crippen molar-refractivity contribution < 1.29 is 9.53 Å². The number of rotatable bonds is 5. The number of hydrogen-bond acceptors (Lipinski definition) is 4. The summed E-state index contributed by atoms with van der Waals surface area (Å²) in [6.45, 7) is 6.15. The number of aromatic nitrogens is 2. The highest BCUT2D eigenvalue weighted by molar-refractivity contribution is 5.85. The fourth-order valence-corrected chi connectivity index (χ4v) is 4.36. The molecule has 0 bridgehead atoms. The number of benzene rings is 1. The second-order valence-electron chi connectivity index (χ2n) is 7.43. The molecule has 1 atom stereocenters. The van der Waals surface area contributed by atoms with E-state index in [9.17, 15) is 4.79 Å². The van der Waals surface area contributed by atoms with Crippen molar-refractivity contribution in [3.8, 4) is 0 Å². The van der Waals surface area contributed by atoms with Gasteiger partial charge in [0.15, 0.2) is 0 Å². The number of pyridine rings is 1. The van der Waals surface area contributed by atoms with Gasteiger partial charge in [0, 0.05) is 28.4 Å². The van der Waals surface area contributed by atoms with Gasteiger partial charge >= 0.3 is 5.97 Å². The maximum Gasteiger partial charge on any atom is 0.309 e. The number of aromatic amines is 1. The average Bonchev–Trinajstić information content (AvgIpc) is 3.06. The summed E-state index contributed by atoms with van der Waals surface area (Å²) in [6, 6.07) is 14.6. The van der Waals surface area contributed by atoms with Crippen molar-refractivity contribution in [2.45, 2.75) is 32.7 Å². The summed E-state index contributed by atoms with van der Waals surface area (Å²) >= 11 is 0. The molecule has 0 radical (unpaired) electrons. The number of aryl methyl sites for hydroxylation is 1. The van der Waals surface area contributed by atoms with Gasteiger partial charge in [0.25, 0.3) is 0 Å². The molecule has 4 rings (SSSR count). The first-order chi connectivity index (χ1) is 13.7. The number of H-pyrrole nitrogens is 1. The number of piperidine rings is 1. The molecule has 0 saturated carbocycles. The van der Waals surface area contributed by atoms with Crippen LogP contribution in [0.1, 0.15) is 42.8 Å². The molecule has 1 saturated heterocycles. The van der Waals surface area contributed by atoms with Crippen LogP contribution in [0.3, 0.4) is 0 Å². The molecule has 3 heterocycles. The molecule has 146 valence electrons. The quantitative estimate of drug-likeness (QED) is 0.676. The Hall–Kier alpha value is -2.66. The number of ether oxygens (including phenoxy) is 1. The minimum Gasteiger partial charge on any atom is -0.466 e. The Morgan fingerprint density at radius 3 is 2.68 bits per heavy atom. The minimum absolute atomic E-state index is 0.00430. The van der Waals surface area contributed by atoms with Crippen LogP contribution in [-0.4, -0.2) is 40.5 Å². The molecule has 0 spiro atoms. The predicted molar refractivity (Wildman–Crippen MR) is 110 cm³/mol. The second-order valence-corrected chi connectivity index (χ2v) is 7.43. The highest BCUT2D eigenvalue weighted by Gasteiger charge is 2.33. The van der Waals surface area contributed by atoms with E-state index in [0.29, 0.717) is 6.61 Å². The Morgan fingerprint density at radius 2 is 1.96 bits per heavy atom. The van der Waals surface area contributed by atoms with Gasteiger partial charge in [0.05, 0.1) is 24.3 Å². The number of nitrogens with zero attached hydrogens (tertiary/aromatic N) is 2. The van der Waals surface area contributed by atoms with E-state index in [1.54, 1.807) is 0 Å². The van der Waals surface area contributed by atoms with E-state index in [0.717, 1.165) is 37.1 Å². The molecular formula is C23H27N3O2. The molecule has 1 fully saturated rings.